The Labute approximate surface area is 638 Å². The van der Waals surface area contributed by atoms with Gasteiger partial charge in [-0.1, -0.05) is 349 Å². The number of benzene rings is 14. The Morgan fingerprint density at radius 2 is 0.533 bits per heavy atom. The lowest BCUT2D eigenvalue weighted by Gasteiger charge is -2.34. The van der Waals surface area contributed by atoms with Crippen LogP contribution >= 0.6 is 0 Å². The quantitative estimate of drug-likeness (QED) is 0.0276. The van der Waals surface area contributed by atoms with E-state index in [1.54, 1.807) is 0 Å². The fourth-order valence-electron chi connectivity index (χ4n) is 16.4. The van der Waals surface area contributed by atoms with Gasteiger partial charge < -0.3 is 14.5 Å². The summed E-state index contributed by atoms with van der Waals surface area (Å²) in [6, 6.07) is 126. The first-order valence-electron chi connectivity index (χ1n) is 39.1. The molecule has 14 aromatic carbocycles. The van der Waals surface area contributed by atoms with Crippen molar-refractivity contribution in [2.24, 2.45) is 0 Å². The van der Waals surface area contributed by atoms with Crippen LogP contribution in [-0.4, -0.2) is 0 Å². The van der Waals surface area contributed by atoms with Crippen LogP contribution in [0.2, 0.25) is 0 Å². The Balaban J connectivity index is 0.717. The van der Waals surface area contributed by atoms with E-state index in [1.807, 2.05) is 30.3 Å². The van der Waals surface area contributed by atoms with Gasteiger partial charge >= 0.3 is 0 Å². The smallest absolute Gasteiger partial charge is 0.127 e. The summed E-state index contributed by atoms with van der Waals surface area (Å²) in [5.74, 6) is 2.73. The van der Waals surface area contributed by atoms with Crippen molar-refractivity contribution in [2.75, 3.05) is 9.80 Å². The largest absolute Gasteiger partial charge is 0.457 e. The third-order valence-electron chi connectivity index (χ3n) is 23.6. The van der Waals surface area contributed by atoms with Gasteiger partial charge in [0.25, 0.3) is 0 Å². The Hall–Kier alpha value is -11.0. The molecule has 0 radical (unpaired) electrons. The number of para-hydroxylation sites is 1. The van der Waals surface area contributed by atoms with Gasteiger partial charge in [0, 0.05) is 66.0 Å². The van der Waals surface area contributed by atoms with E-state index in [9.17, 15) is 0 Å². The van der Waals surface area contributed by atoms with Gasteiger partial charge in [-0.05, 0) is 190 Å². The number of fused-ring (bicyclic) bond motifs is 2. The number of hydrogen-bond acceptors (Lipinski definition) is 3. The minimum absolute atomic E-state index is 0.205. The molecule has 536 valence electrons. The van der Waals surface area contributed by atoms with E-state index in [0.717, 1.165) is 92.9 Å². The fraction of sp³-hybridized carbons (Fsp3) is 0.231. The number of ether oxygens (including phenoxy) is 1. The molecule has 3 heteroatoms. The molecule has 0 saturated heterocycles. The van der Waals surface area contributed by atoms with E-state index in [1.165, 1.54) is 92.4 Å². The highest BCUT2D eigenvalue weighted by Gasteiger charge is 2.31. The Bertz CT molecular complexity index is 5050. The highest BCUT2D eigenvalue weighted by molar-refractivity contribution is 6.23. The predicted octanol–water partition coefficient (Wildman–Crippen LogP) is 29.1. The van der Waals surface area contributed by atoms with Gasteiger partial charge in [0.15, 0.2) is 0 Å². The lowest BCUT2D eigenvalue weighted by atomic mass is 9.77. The minimum atomic E-state index is -0.248. The second-order valence-corrected chi connectivity index (χ2v) is 31.8. The van der Waals surface area contributed by atoms with Gasteiger partial charge in [0.1, 0.15) is 11.5 Å². The van der Waals surface area contributed by atoms with Gasteiger partial charge in [0.2, 0.25) is 0 Å². The van der Waals surface area contributed by atoms with Crippen molar-refractivity contribution in [3.05, 3.63) is 406 Å². The molecule has 0 amide bonds. The average molecular weight is 1400 g/mol. The van der Waals surface area contributed by atoms with Crippen LogP contribution in [0.1, 0.15) is 186 Å². The van der Waals surface area contributed by atoms with Crippen molar-refractivity contribution >= 4 is 55.7 Å². The van der Waals surface area contributed by atoms with Crippen LogP contribution in [0.4, 0.5) is 34.1 Å². The number of hydrogen-bond donors (Lipinski definition) is 0. The molecule has 2 atom stereocenters. The Morgan fingerprint density at radius 3 is 0.850 bits per heavy atom. The van der Waals surface area contributed by atoms with Gasteiger partial charge in [0.05, 0.1) is 11.4 Å². The zero-order chi connectivity index (χ0) is 74.1. The van der Waals surface area contributed by atoms with Crippen LogP contribution in [-0.2, 0) is 34.5 Å². The Morgan fingerprint density at radius 1 is 0.271 bits per heavy atom. The summed E-state index contributed by atoms with van der Waals surface area (Å²) in [5.41, 5.74) is 21.7. The van der Waals surface area contributed by atoms with E-state index in [0.29, 0.717) is 11.8 Å². The van der Waals surface area contributed by atoms with E-state index in [4.69, 9.17) is 4.74 Å². The number of anilines is 6. The third kappa shape index (κ3) is 15.8. The van der Waals surface area contributed by atoms with Crippen molar-refractivity contribution in [1.82, 2.24) is 0 Å². The summed E-state index contributed by atoms with van der Waals surface area (Å²) in [5, 5.41) is 4.63. The maximum atomic E-state index is 6.08. The van der Waals surface area contributed by atoms with E-state index in [-0.39, 0.29) is 21.7 Å². The van der Waals surface area contributed by atoms with Crippen LogP contribution in [0.3, 0.4) is 0 Å². The lowest BCUT2D eigenvalue weighted by Crippen LogP contribution is -2.20. The average Bonchev–Trinajstić information content (AvgIpc) is 0.718. The van der Waals surface area contributed by atoms with Crippen LogP contribution in [0, 0.1) is 0 Å². The maximum absolute atomic E-state index is 6.08. The van der Waals surface area contributed by atoms with Gasteiger partial charge in [-0.3, -0.25) is 0 Å². The first-order chi connectivity index (χ1) is 51.9. The third-order valence-corrected chi connectivity index (χ3v) is 23.6. The monoisotopic (exact) mass is 1400 g/mol. The van der Waals surface area contributed by atoms with Crippen molar-refractivity contribution < 1.29 is 4.74 Å². The van der Waals surface area contributed by atoms with E-state index in [2.05, 4.69) is 388 Å². The highest BCUT2D eigenvalue weighted by Crippen LogP contribution is 2.52. The maximum Gasteiger partial charge on any atom is 0.127 e. The molecule has 107 heavy (non-hydrogen) atoms. The summed E-state index contributed by atoms with van der Waals surface area (Å²) < 4.78 is 6.08. The summed E-state index contributed by atoms with van der Waals surface area (Å²) in [4.78, 5) is 5.04. The summed E-state index contributed by atoms with van der Waals surface area (Å²) in [6.45, 7) is 23.5. The second-order valence-electron chi connectivity index (χ2n) is 31.8. The zero-order valence-corrected chi connectivity index (χ0v) is 64.4. The molecular formula is C104H104N2O. The van der Waals surface area contributed by atoms with Crippen molar-refractivity contribution in [1.29, 1.82) is 0 Å². The Kier molecular flexibility index (Phi) is 21.8. The molecule has 0 aliphatic carbocycles. The number of aryl methyl sites for hydroxylation is 2. The predicted molar refractivity (Wildman–Crippen MR) is 456 cm³/mol. The molecule has 2 unspecified atom stereocenters. The molecule has 0 fully saturated rings. The molecular weight excluding hydrogens is 1290 g/mol. The fourth-order valence-corrected chi connectivity index (χ4v) is 16.4. The van der Waals surface area contributed by atoms with Crippen LogP contribution in [0.15, 0.2) is 340 Å². The molecule has 0 aromatic heterocycles. The molecule has 14 aromatic rings. The van der Waals surface area contributed by atoms with E-state index < -0.39 is 0 Å². The first kappa shape index (κ1) is 72.9. The van der Waals surface area contributed by atoms with Crippen molar-refractivity contribution in [3.8, 4) is 11.5 Å². The van der Waals surface area contributed by atoms with Crippen LogP contribution in [0.5, 0.6) is 11.5 Å². The molecule has 0 heterocycles. The van der Waals surface area contributed by atoms with Crippen LogP contribution < -0.4 is 14.5 Å². The zero-order valence-electron chi connectivity index (χ0n) is 64.4. The number of nitrogens with zero attached hydrogens (tertiary/aromatic N) is 2. The molecule has 0 saturated carbocycles. The van der Waals surface area contributed by atoms with E-state index >= 15 is 0 Å². The molecule has 3 nitrogen and oxygen atoms in total. The van der Waals surface area contributed by atoms with Gasteiger partial charge in [-0.25, -0.2) is 0 Å². The number of rotatable bonds is 28. The van der Waals surface area contributed by atoms with Gasteiger partial charge in [-0.2, -0.15) is 0 Å². The SMILES string of the molecule is CCC(CC(C)c1ccc(CCCCCCc2ccc(C(C)(C)c3ccc(N(c4ccc(C(C)(C)c5ccccc5)cc4)c4c5ccccc5c(N(c5ccc(C(C)(C)c6ccccc6)cc5)c5ccc(C(C)(C)c6ccccc6)cc5)c5ccccc45)cc3)cc2)cc1)c1ccc(Oc2ccccc2)cc1. The minimum Gasteiger partial charge on any atom is -0.457 e. The second kappa shape index (κ2) is 32.0. The molecule has 0 aliphatic rings. The summed E-state index contributed by atoms with van der Waals surface area (Å²) >= 11 is 0. The topological polar surface area (TPSA) is 15.7 Å². The van der Waals surface area contributed by atoms with Crippen LogP contribution in [0.25, 0.3) is 21.5 Å². The molecule has 0 bridgehead atoms. The molecule has 14 rings (SSSR count). The molecule has 0 spiro atoms. The molecule has 0 N–H and O–H groups in total. The number of unbranched alkanes of at least 4 members (excludes halogenated alkanes) is 3. The van der Waals surface area contributed by atoms with Gasteiger partial charge in [-0.15, -0.1) is 0 Å². The summed E-state index contributed by atoms with van der Waals surface area (Å²) in [6.07, 6.45) is 9.35. The normalized spacial score (nSPS) is 12.6. The standard InChI is InChI=1S/C104H104N2O/c1-11-78(80-52-72-94(73-53-80)107-93-40-26-17-27-41-93)74-75(2)79-50-46-76(47-51-79)32-18-12-13-19-33-77-48-54-84(55-49-77)104(9,10)88-62-70-92(71-63-88)106(91-68-60-87(61-69-91)103(7,8)83-38-24-16-25-39-83)100-97-44-30-28-42-95(97)99(96-43-29-31-45-98(96)100)105(89-64-56-85(57-65-89)101(3,4)81-34-20-14-21-35-81)90-66-58-86(59-67-90)102(5,6)82-36-22-15-23-37-82/h14-17,20-31,34-73,75,78H,11-13,18-19,32-33,74H2,1-10H3. The summed E-state index contributed by atoms with van der Waals surface area (Å²) in [7, 11) is 0. The van der Waals surface area contributed by atoms with Crippen molar-refractivity contribution in [2.45, 2.75) is 154 Å². The first-order valence-corrected chi connectivity index (χ1v) is 39.1. The van der Waals surface area contributed by atoms with Crippen molar-refractivity contribution in [3.63, 3.8) is 0 Å². The highest BCUT2D eigenvalue weighted by atomic mass is 16.5. The molecule has 0 aliphatic heterocycles. The lowest BCUT2D eigenvalue weighted by molar-refractivity contribution is 0.481.